The number of ether oxygens (including phenoxy) is 1. The molecule has 0 spiro atoms. The first-order valence-corrected chi connectivity index (χ1v) is 12.8. The Bertz CT molecular complexity index is 1420. The molecule has 1 aliphatic carbocycles. The summed E-state index contributed by atoms with van der Waals surface area (Å²) >= 11 is 0. The van der Waals surface area contributed by atoms with Crippen LogP contribution < -0.4 is 15.9 Å². The van der Waals surface area contributed by atoms with Gasteiger partial charge >= 0.3 is 0 Å². The lowest BCUT2D eigenvalue weighted by atomic mass is 9.84. The van der Waals surface area contributed by atoms with Gasteiger partial charge in [-0.2, -0.15) is 9.78 Å². The van der Waals surface area contributed by atoms with E-state index in [2.05, 4.69) is 55.4 Å². The Morgan fingerprint density at radius 2 is 1.84 bits per heavy atom. The Morgan fingerprint density at radius 3 is 2.50 bits per heavy atom. The number of carbonyl (C=O) groups excluding carboxylic acids is 1. The molecule has 2 aromatic carbocycles. The average molecular weight is 515 g/mol. The number of amides is 1. The summed E-state index contributed by atoms with van der Waals surface area (Å²) in [4.78, 5) is 13.2. The average Bonchev–Trinajstić information content (AvgIpc) is 3.59. The van der Waals surface area contributed by atoms with Gasteiger partial charge in [-0.1, -0.05) is 48.7 Å². The number of benzene rings is 2. The van der Waals surface area contributed by atoms with Crippen LogP contribution in [0.4, 0.5) is 5.82 Å². The third-order valence-electron chi connectivity index (χ3n) is 6.75. The number of nitrogen functional groups attached to an aromatic ring is 1. The van der Waals surface area contributed by atoms with E-state index in [1.165, 1.54) is 42.3 Å². The summed E-state index contributed by atoms with van der Waals surface area (Å²) in [5.41, 5.74) is 12.5. The number of nitrogens with two attached hydrogens (primary N) is 1. The van der Waals surface area contributed by atoms with E-state index in [1.807, 2.05) is 13.8 Å². The number of hydrazone groups is 1. The van der Waals surface area contributed by atoms with Crippen molar-refractivity contribution >= 4 is 17.4 Å². The molecule has 1 saturated carbocycles. The largest absolute Gasteiger partial charge is 0.494 e. The summed E-state index contributed by atoms with van der Waals surface area (Å²) < 4.78 is 11.6. The Kier molecular flexibility index (Phi) is 7.43. The molecule has 0 unspecified atom stereocenters. The predicted molar refractivity (Wildman–Crippen MR) is 142 cm³/mol. The van der Waals surface area contributed by atoms with E-state index in [4.69, 9.17) is 15.1 Å². The van der Waals surface area contributed by atoms with Crippen LogP contribution in [0.25, 0.3) is 17.1 Å². The highest BCUT2D eigenvalue weighted by molar-refractivity contribution is 6.02. The third kappa shape index (κ3) is 5.26. The first-order valence-electron chi connectivity index (χ1n) is 12.8. The second kappa shape index (κ2) is 11.2. The molecule has 5 rings (SSSR count). The molecule has 1 amide bonds. The molecule has 0 radical (unpaired) electrons. The van der Waals surface area contributed by atoms with E-state index in [1.54, 1.807) is 24.3 Å². The normalized spacial score (nSPS) is 14.4. The second-order valence-corrected chi connectivity index (χ2v) is 9.22. The van der Waals surface area contributed by atoms with Crippen LogP contribution in [0.15, 0.2) is 58.3 Å². The number of nitrogens with zero attached hydrogens (tertiary/aromatic N) is 6. The molecule has 38 heavy (non-hydrogen) atoms. The standard InChI is InChI=1S/C27H30N8O3/c1-3-37-22-15-13-21(14-16-22)24-23(30-34-35(24)26-25(28)32-38-33-26)27(36)31-29-17(2)18-9-11-20(12-10-18)19-7-5-4-6-8-19/h9-16,19H,3-8H2,1-2H3,(H2,28,32)(H,31,36)/b29-17+. The first kappa shape index (κ1) is 25.1. The van der Waals surface area contributed by atoms with Crippen molar-refractivity contribution < 1.29 is 14.2 Å². The highest BCUT2D eigenvalue weighted by Gasteiger charge is 2.25. The summed E-state index contributed by atoms with van der Waals surface area (Å²) in [5, 5.41) is 19.9. The molecular weight excluding hydrogens is 484 g/mol. The van der Waals surface area contributed by atoms with Crippen molar-refractivity contribution in [1.82, 2.24) is 30.7 Å². The maximum absolute atomic E-state index is 13.2. The second-order valence-electron chi connectivity index (χ2n) is 9.22. The van der Waals surface area contributed by atoms with Crippen LogP contribution in [0.3, 0.4) is 0 Å². The zero-order valence-corrected chi connectivity index (χ0v) is 21.4. The molecule has 1 fully saturated rings. The van der Waals surface area contributed by atoms with E-state index >= 15 is 0 Å². The lowest BCUT2D eigenvalue weighted by molar-refractivity contribution is 0.0950. The molecule has 0 bridgehead atoms. The van der Waals surface area contributed by atoms with Gasteiger partial charge in [0, 0.05) is 5.56 Å². The molecule has 196 valence electrons. The van der Waals surface area contributed by atoms with Crippen molar-refractivity contribution in [3.05, 3.63) is 65.4 Å². The van der Waals surface area contributed by atoms with Crippen LogP contribution in [0.2, 0.25) is 0 Å². The fraction of sp³-hybridized carbons (Fsp3) is 0.333. The molecular formula is C27H30N8O3. The molecule has 11 nitrogen and oxygen atoms in total. The Labute approximate surface area is 220 Å². The molecule has 3 N–H and O–H groups in total. The van der Waals surface area contributed by atoms with Crippen molar-refractivity contribution in [1.29, 1.82) is 0 Å². The minimum absolute atomic E-state index is 0.0135. The summed E-state index contributed by atoms with van der Waals surface area (Å²) in [7, 11) is 0. The Hall–Kier alpha value is -4.54. The van der Waals surface area contributed by atoms with Crippen LogP contribution >= 0.6 is 0 Å². The minimum Gasteiger partial charge on any atom is -0.494 e. The molecule has 4 aromatic rings. The van der Waals surface area contributed by atoms with Crippen molar-refractivity contribution in [3.63, 3.8) is 0 Å². The van der Waals surface area contributed by atoms with Crippen molar-refractivity contribution in [2.24, 2.45) is 5.10 Å². The highest BCUT2D eigenvalue weighted by atomic mass is 16.6. The van der Waals surface area contributed by atoms with E-state index < -0.39 is 5.91 Å². The van der Waals surface area contributed by atoms with E-state index in [0.717, 1.165) is 5.56 Å². The van der Waals surface area contributed by atoms with Gasteiger partial charge in [-0.15, -0.1) is 5.10 Å². The van der Waals surface area contributed by atoms with Gasteiger partial charge in [0.1, 0.15) is 11.4 Å². The van der Waals surface area contributed by atoms with Gasteiger partial charge < -0.3 is 10.5 Å². The smallest absolute Gasteiger partial charge is 0.294 e. The molecule has 0 saturated heterocycles. The number of aromatic nitrogens is 5. The van der Waals surface area contributed by atoms with E-state index in [9.17, 15) is 4.79 Å². The van der Waals surface area contributed by atoms with Gasteiger partial charge in [-0.3, -0.25) is 4.79 Å². The van der Waals surface area contributed by atoms with Crippen LogP contribution in [-0.2, 0) is 0 Å². The van der Waals surface area contributed by atoms with Gasteiger partial charge in [-0.25, -0.2) is 10.1 Å². The number of nitrogens with one attached hydrogen (secondary N) is 1. The van der Waals surface area contributed by atoms with Gasteiger partial charge in [0.05, 0.1) is 12.3 Å². The molecule has 0 atom stereocenters. The van der Waals surface area contributed by atoms with Gasteiger partial charge in [0.25, 0.3) is 5.91 Å². The van der Waals surface area contributed by atoms with Gasteiger partial charge in [0.2, 0.25) is 11.6 Å². The SMILES string of the molecule is CCOc1ccc(-c2c(C(=O)N/N=C(\C)c3ccc(C4CCCCC4)cc3)nnn2-c2nonc2N)cc1. The molecule has 11 heteroatoms. The molecule has 2 heterocycles. The number of carbonyl (C=O) groups is 1. The van der Waals surface area contributed by atoms with Crippen LogP contribution in [0.5, 0.6) is 5.75 Å². The van der Waals surface area contributed by atoms with E-state index in [-0.39, 0.29) is 17.3 Å². The lowest BCUT2D eigenvalue weighted by Crippen LogP contribution is -2.21. The van der Waals surface area contributed by atoms with Crippen LogP contribution in [0.1, 0.15) is 73.5 Å². The number of rotatable bonds is 8. The summed E-state index contributed by atoms with van der Waals surface area (Å²) in [6, 6.07) is 15.6. The third-order valence-corrected chi connectivity index (χ3v) is 6.75. The number of hydrogen-bond acceptors (Lipinski definition) is 9. The zero-order valence-electron chi connectivity index (χ0n) is 21.4. The predicted octanol–water partition coefficient (Wildman–Crippen LogP) is 4.50. The summed E-state index contributed by atoms with van der Waals surface area (Å²) in [5.74, 6) is 0.928. The maximum atomic E-state index is 13.2. The van der Waals surface area contributed by atoms with Gasteiger partial charge in [-0.05, 0) is 78.3 Å². The van der Waals surface area contributed by atoms with Crippen LogP contribution in [-0.4, -0.2) is 43.5 Å². The molecule has 1 aliphatic rings. The van der Waals surface area contributed by atoms with Crippen molar-refractivity contribution in [2.45, 2.75) is 51.9 Å². The van der Waals surface area contributed by atoms with Crippen LogP contribution in [0, 0.1) is 0 Å². The number of anilines is 1. The molecule has 0 aliphatic heterocycles. The minimum atomic E-state index is -0.534. The lowest BCUT2D eigenvalue weighted by Gasteiger charge is -2.22. The Balaban J connectivity index is 1.39. The fourth-order valence-corrected chi connectivity index (χ4v) is 4.74. The van der Waals surface area contributed by atoms with Crippen molar-refractivity contribution in [3.8, 4) is 22.8 Å². The van der Waals surface area contributed by atoms with Crippen molar-refractivity contribution in [2.75, 3.05) is 12.3 Å². The highest BCUT2D eigenvalue weighted by Crippen LogP contribution is 2.32. The fourth-order valence-electron chi connectivity index (χ4n) is 4.74. The summed E-state index contributed by atoms with van der Waals surface area (Å²) in [6.45, 7) is 4.29. The zero-order chi connectivity index (χ0) is 26.5. The van der Waals surface area contributed by atoms with E-state index in [0.29, 0.717) is 35.2 Å². The quantitative estimate of drug-likeness (QED) is 0.258. The van der Waals surface area contributed by atoms with Gasteiger partial charge in [0.15, 0.2) is 5.69 Å². The Morgan fingerprint density at radius 1 is 1.11 bits per heavy atom. The number of hydrogen-bond donors (Lipinski definition) is 2. The monoisotopic (exact) mass is 514 g/mol. The first-order chi connectivity index (χ1) is 18.5. The molecule has 2 aromatic heterocycles. The topological polar surface area (TPSA) is 146 Å². The maximum Gasteiger partial charge on any atom is 0.294 e. The summed E-state index contributed by atoms with van der Waals surface area (Å²) in [6.07, 6.45) is 6.41.